The van der Waals surface area contributed by atoms with Gasteiger partial charge in [-0.1, -0.05) is 13.3 Å². The fourth-order valence-corrected chi connectivity index (χ4v) is 2.80. The van der Waals surface area contributed by atoms with Gasteiger partial charge in [-0.25, -0.2) is 4.79 Å². The Morgan fingerprint density at radius 2 is 1.81 bits per heavy atom. The molecule has 0 spiro atoms. The zero-order chi connectivity index (χ0) is 22.2. The first-order chi connectivity index (χ1) is 15.0. The van der Waals surface area contributed by atoms with Crippen LogP contribution in [0.3, 0.4) is 0 Å². The first-order valence-electron chi connectivity index (χ1n) is 9.80. The summed E-state index contributed by atoms with van der Waals surface area (Å²) in [7, 11) is 0. The number of unbranched alkanes of at least 4 members (excludes halogenated alkanes) is 1. The molecule has 0 radical (unpaired) electrons. The Labute approximate surface area is 178 Å². The number of nitrogens with zero attached hydrogens (tertiary/aromatic N) is 3. The Bertz CT molecular complexity index is 1060. The van der Waals surface area contributed by atoms with Crippen LogP contribution >= 0.6 is 0 Å². The highest BCUT2D eigenvalue weighted by atomic mass is 16.6. The number of benzene rings is 2. The molecule has 0 aliphatic carbocycles. The van der Waals surface area contributed by atoms with Crippen LogP contribution in [0.5, 0.6) is 0 Å². The van der Waals surface area contributed by atoms with Gasteiger partial charge < -0.3 is 10.1 Å². The van der Waals surface area contributed by atoms with Crippen molar-refractivity contribution >= 4 is 23.3 Å². The summed E-state index contributed by atoms with van der Waals surface area (Å²) >= 11 is 0. The lowest BCUT2D eigenvalue weighted by Crippen LogP contribution is -2.19. The fourth-order valence-electron chi connectivity index (χ4n) is 2.80. The number of carbonyl (C=O) groups is 2. The van der Waals surface area contributed by atoms with Gasteiger partial charge in [0.1, 0.15) is 6.54 Å². The minimum Gasteiger partial charge on any atom is -0.462 e. The number of carbonyl (C=O) groups excluding carboxylic acids is 2. The molecule has 0 aliphatic heterocycles. The number of hydrogen-bond acceptors (Lipinski definition) is 6. The van der Waals surface area contributed by atoms with Crippen LogP contribution < -0.4 is 5.32 Å². The summed E-state index contributed by atoms with van der Waals surface area (Å²) in [5.41, 5.74) is 2.50. The van der Waals surface area contributed by atoms with Crippen LogP contribution in [-0.2, 0) is 16.1 Å². The molecule has 0 saturated carbocycles. The topological polar surface area (TPSA) is 116 Å². The lowest BCUT2D eigenvalue weighted by molar-refractivity contribution is -0.384. The molecule has 0 unspecified atom stereocenters. The highest BCUT2D eigenvalue weighted by molar-refractivity contribution is 5.93. The highest BCUT2D eigenvalue weighted by Crippen LogP contribution is 2.21. The van der Waals surface area contributed by atoms with Crippen LogP contribution in [0.25, 0.3) is 11.1 Å². The molecular formula is C22H22N4O5. The van der Waals surface area contributed by atoms with E-state index in [9.17, 15) is 19.7 Å². The second-order valence-corrected chi connectivity index (χ2v) is 6.85. The normalized spacial score (nSPS) is 10.5. The number of ether oxygens (including phenoxy) is 1. The second-order valence-electron chi connectivity index (χ2n) is 6.85. The number of aromatic nitrogens is 2. The largest absolute Gasteiger partial charge is 0.462 e. The highest BCUT2D eigenvalue weighted by Gasteiger charge is 2.10. The van der Waals surface area contributed by atoms with Crippen molar-refractivity contribution in [2.45, 2.75) is 26.3 Å². The smallest absolute Gasteiger partial charge is 0.338 e. The average Bonchev–Trinajstić information content (AvgIpc) is 3.22. The molecule has 0 bridgehead atoms. The molecule has 0 fully saturated rings. The summed E-state index contributed by atoms with van der Waals surface area (Å²) < 4.78 is 6.63. The van der Waals surface area contributed by atoms with E-state index in [0.717, 1.165) is 24.0 Å². The van der Waals surface area contributed by atoms with Crippen molar-refractivity contribution in [1.29, 1.82) is 0 Å². The molecule has 3 aromatic rings. The van der Waals surface area contributed by atoms with Gasteiger partial charge in [0.2, 0.25) is 5.91 Å². The van der Waals surface area contributed by atoms with E-state index in [4.69, 9.17) is 4.74 Å². The van der Waals surface area contributed by atoms with E-state index in [1.165, 1.54) is 16.8 Å². The summed E-state index contributed by atoms with van der Waals surface area (Å²) in [6, 6.07) is 12.6. The zero-order valence-electron chi connectivity index (χ0n) is 17.0. The van der Waals surface area contributed by atoms with Crippen molar-refractivity contribution in [1.82, 2.24) is 9.78 Å². The number of esters is 1. The minimum absolute atomic E-state index is 0.00616. The van der Waals surface area contributed by atoms with E-state index in [2.05, 4.69) is 10.4 Å². The molecule has 9 heteroatoms. The van der Waals surface area contributed by atoms with Gasteiger partial charge in [-0.05, 0) is 48.4 Å². The summed E-state index contributed by atoms with van der Waals surface area (Å²) in [5.74, 6) is -0.668. The summed E-state index contributed by atoms with van der Waals surface area (Å²) in [6.07, 6.45) is 5.05. The third-order valence-electron chi connectivity index (χ3n) is 4.49. The van der Waals surface area contributed by atoms with Gasteiger partial charge in [0.15, 0.2) is 0 Å². The first kappa shape index (κ1) is 21.7. The molecule has 160 valence electrons. The predicted octanol–water partition coefficient (Wildman–Crippen LogP) is 4.05. The van der Waals surface area contributed by atoms with E-state index in [1.807, 2.05) is 6.92 Å². The molecule has 3 rings (SSSR count). The maximum Gasteiger partial charge on any atom is 0.338 e. The van der Waals surface area contributed by atoms with Crippen molar-refractivity contribution in [2.24, 2.45) is 0 Å². The van der Waals surface area contributed by atoms with Gasteiger partial charge in [-0.3, -0.25) is 19.6 Å². The number of hydrogen-bond donors (Lipinski definition) is 1. The Morgan fingerprint density at radius 1 is 1.10 bits per heavy atom. The number of nitrogens with one attached hydrogen (secondary N) is 1. The van der Waals surface area contributed by atoms with Crippen molar-refractivity contribution in [3.05, 3.63) is 76.6 Å². The van der Waals surface area contributed by atoms with E-state index >= 15 is 0 Å². The molecule has 9 nitrogen and oxygen atoms in total. The third kappa shape index (κ3) is 5.99. The molecular weight excluding hydrogens is 400 g/mol. The molecule has 0 atom stereocenters. The molecule has 31 heavy (non-hydrogen) atoms. The fraction of sp³-hybridized carbons (Fsp3) is 0.227. The quantitative estimate of drug-likeness (QED) is 0.241. The van der Waals surface area contributed by atoms with E-state index < -0.39 is 4.92 Å². The van der Waals surface area contributed by atoms with Crippen LogP contribution in [-0.4, -0.2) is 33.2 Å². The number of nitro groups is 1. The van der Waals surface area contributed by atoms with Crippen LogP contribution in [0, 0.1) is 10.1 Å². The Morgan fingerprint density at radius 3 is 2.45 bits per heavy atom. The van der Waals surface area contributed by atoms with E-state index in [0.29, 0.717) is 17.9 Å². The number of nitro benzene ring substituents is 1. The maximum atomic E-state index is 12.3. The monoisotopic (exact) mass is 422 g/mol. The second kappa shape index (κ2) is 10.1. The van der Waals surface area contributed by atoms with Crippen molar-refractivity contribution < 1.29 is 19.2 Å². The molecule has 1 N–H and O–H groups in total. The number of non-ortho nitro benzene ring substituents is 1. The lowest BCUT2D eigenvalue weighted by atomic mass is 10.1. The molecule has 0 aliphatic rings. The Kier molecular flexibility index (Phi) is 7.10. The van der Waals surface area contributed by atoms with Crippen molar-refractivity contribution in [3.63, 3.8) is 0 Å². The third-order valence-corrected chi connectivity index (χ3v) is 4.49. The summed E-state index contributed by atoms with van der Waals surface area (Å²) in [5, 5.41) is 17.7. The van der Waals surface area contributed by atoms with Crippen molar-refractivity contribution in [3.8, 4) is 11.1 Å². The number of anilines is 1. The van der Waals surface area contributed by atoms with Gasteiger partial charge in [-0.15, -0.1) is 0 Å². The van der Waals surface area contributed by atoms with Gasteiger partial charge in [0.25, 0.3) is 5.69 Å². The van der Waals surface area contributed by atoms with E-state index in [-0.39, 0.29) is 24.1 Å². The van der Waals surface area contributed by atoms with Crippen LogP contribution in [0.15, 0.2) is 60.9 Å². The molecule has 1 amide bonds. The maximum absolute atomic E-state index is 12.3. The van der Waals surface area contributed by atoms with Gasteiger partial charge in [-0.2, -0.15) is 5.10 Å². The Balaban J connectivity index is 1.55. The Hall–Kier alpha value is -4.01. The van der Waals surface area contributed by atoms with Crippen molar-refractivity contribution in [2.75, 3.05) is 11.9 Å². The number of amides is 1. The average molecular weight is 422 g/mol. The predicted molar refractivity (Wildman–Crippen MR) is 115 cm³/mol. The van der Waals surface area contributed by atoms with Crippen LogP contribution in [0.2, 0.25) is 0 Å². The molecule has 1 heterocycles. The van der Waals surface area contributed by atoms with Gasteiger partial charge >= 0.3 is 5.97 Å². The zero-order valence-corrected chi connectivity index (χ0v) is 17.0. The first-order valence-corrected chi connectivity index (χ1v) is 9.80. The van der Waals surface area contributed by atoms with Crippen LogP contribution in [0.1, 0.15) is 30.1 Å². The van der Waals surface area contributed by atoms with Gasteiger partial charge in [0.05, 0.1) is 23.3 Å². The van der Waals surface area contributed by atoms with E-state index in [1.54, 1.807) is 48.8 Å². The molecule has 0 saturated heterocycles. The summed E-state index contributed by atoms with van der Waals surface area (Å²) in [4.78, 5) is 34.5. The number of rotatable bonds is 9. The SMILES string of the molecule is CCCCOC(=O)c1ccc(NC(=O)Cn2cc(-c3ccc([N+](=O)[O-])cc3)cn2)cc1. The molecule has 1 aromatic heterocycles. The van der Waals surface area contributed by atoms with Crippen LogP contribution in [0.4, 0.5) is 11.4 Å². The standard InChI is InChI=1S/C22H22N4O5/c1-2-3-12-31-22(28)17-4-8-19(9-5-17)24-21(27)15-25-14-18(13-23-25)16-6-10-20(11-7-16)26(29)30/h4-11,13-14H,2-3,12,15H2,1H3,(H,24,27). The van der Waals surface area contributed by atoms with Gasteiger partial charge in [0, 0.05) is 29.6 Å². The summed E-state index contributed by atoms with van der Waals surface area (Å²) in [6.45, 7) is 2.40. The lowest BCUT2D eigenvalue weighted by Gasteiger charge is -2.07. The minimum atomic E-state index is -0.459. The molecule has 2 aromatic carbocycles.